The van der Waals surface area contributed by atoms with Gasteiger partial charge in [-0.05, 0) is 49.7 Å². The van der Waals surface area contributed by atoms with E-state index < -0.39 is 28.7 Å². The molecule has 0 amide bonds. The lowest BCUT2D eigenvalue weighted by Crippen LogP contribution is -2.40. The lowest BCUT2D eigenvalue weighted by atomic mass is 9.97. The number of ether oxygens (including phenoxy) is 2. The smallest absolute Gasteiger partial charge is 0.331 e. The molecule has 1 atom stereocenters. The zero-order valence-corrected chi connectivity index (χ0v) is 19.8. The average molecular weight is 464 g/mol. The summed E-state index contributed by atoms with van der Waals surface area (Å²) in [5, 5.41) is 0.393. The predicted octanol–water partition coefficient (Wildman–Crippen LogP) is 3.71. The summed E-state index contributed by atoms with van der Waals surface area (Å²) in [7, 11) is 4.69. The molecule has 34 heavy (non-hydrogen) atoms. The molecule has 0 aliphatic carbocycles. The molecule has 1 unspecified atom stereocenters. The van der Waals surface area contributed by atoms with Crippen molar-refractivity contribution >= 4 is 10.9 Å². The van der Waals surface area contributed by atoms with E-state index in [4.69, 9.17) is 9.47 Å². The number of fused-ring (bicyclic) bond motifs is 3. The van der Waals surface area contributed by atoms with Gasteiger partial charge in [-0.2, -0.15) is 0 Å². The molecule has 0 fully saturated rings. The first kappa shape index (κ1) is 22.2. The van der Waals surface area contributed by atoms with Crippen LogP contribution < -0.4 is 16.0 Å². The van der Waals surface area contributed by atoms with E-state index in [0.717, 1.165) is 10.1 Å². The Hall–Kier alpha value is -3.65. The Balaban J connectivity index is 2.00. The fourth-order valence-corrected chi connectivity index (χ4v) is 4.94. The highest BCUT2D eigenvalue weighted by atomic mass is 19.1. The number of methoxy groups -OCH3 is 1. The van der Waals surface area contributed by atoms with Crippen molar-refractivity contribution in [3.05, 3.63) is 86.4 Å². The number of hydrogen-bond acceptors (Lipinski definition) is 4. The van der Waals surface area contributed by atoms with Gasteiger partial charge in [-0.25, -0.2) is 9.18 Å². The summed E-state index contributed by atoms with van der Waals surface area (Å²) in [6.45, 7) is 4.29. The highest BCUT2D eigenvalue weighted by Gasteiger charge is 2.41. The summed E-state index contributed by atoms with van der Waals surface area (Å²) in [5.41, 5.74) is 1.39. The summed E-state index contributed by atoms with van der Waals surface area (Å²) >= 11 is 0. The Morgan fingerprint density at radius 1 is 1.03 bits per heavy atom. The molecule has 176 valence electrons. The first-order chi connectivity index (χ1) is 16.2. The highest BCUT2D eigenvalue weighted by Crippen LogP contribution is 2.45. The molecule has 1 aliphatic rings. The second kappa shape index (κ2) is 7.70. The molecule has 5 rings (SSSR count). The number of benzene rings is 2. The van der Waals surface area contributed by atoms with Gasteiger partial charge in [0.2, 0.25) is 0 Å². The zero-order chi connectivity index (χ0) is 24.4. The summed E-state index contributed by atoms with van der Waals surface area (Å²) < 4.78 is 31.1. The molecule has 0 N–H and O–H groups in total. The topological polar surface area (TPSA) is 67.4 Å². The SMILES string of the molecule is COc1ccc(-c2c3c(=O)n(C)c(=O)n(C)c3c3n2C(C)(C)COC3c2ccccc2F)cc1. The van der Waals surface area contributed by atoms with Crippen LogP contribution >= 0.6 is 0 Å². The molecule has 0 saturated heterocycles. The van der Waals surface area contributed by atoms with E-state index in [9.17, 15) is 14.0 Å². The van der Waals surface area contributed by atoms with Crippen LogP contribution in [0, 0.1) is 5.82 Å². The maximum Gasteiger partial charge on any atom is 0.331 e. The van der Waals surface area contributed by atoms with Crippen LogP contribution in [-0.4, -0.2) is 27.4 Å². The van der Waals surface area contributed by atoms with Crippen LogP contribution in [0.2, 0.25) is 0 Å². The number of nitrogens with zero attached hydrogens (tertiary/aromatic N) is 3. The Morgan fingerprint density at radius 3 is 2.35 bits per heavy atom. The quantitative estimate of drug-likeness (QED) is 0.465. The van der Waals surface area contributed by atoms with Gasteiger partial charge in [0.05, 0.1) is 41.5 Å². The van der Waals surface area contributed by atoms with E-state index in [-0.39, 0.29) is 6.61 Å². The summed E-state index contributed by atoms with van der Waals surface area (Å²) in [6, 6.07) is 13.9. The van der Waals surface area contributed by atoms with Crippen molar-refractivity contribution < 1.29 is 13.9 Å². The van der Waals surface area contributed by atoms with Crippen molar-refractivity contribution in [1.82, 2.24) is 13.7 Å². The molecule has 0 bridgehead atoms. The second-order valence-corrected chi connectivity index (χ2v) is 9.25. The Morgan fingerprint density at radius 2 is 1.71 bits per heavy atom. The lowest BCUT2D eigenvalue weighted by Gasteiger charge is -2.39. The monoisotopic (exact) mass is 463 g/mol. The summed E-state index contributed by atoms with van der Waals surface area (Å²) in [5.74, 6) is 0.276. The lowest BCUT2D eigenvalue weighted by molar-refractivity contribution is -0.00855. The fourth-order valence-electron chi connectivity index (χ4n) is 4.94. The number of hydrogen-bond donors (Lipinski definition) is 0. The largest absolute Gasteiger partial charge is 0.497 e. The van der Waals surface area contributed by atoms with E-state index in [2.05, 4.69) is 0 Å². The second-order valence-electron chi connectivity index (χ2n) is 9.25. The standard InChI is InChI=1S/C26H26FN3O4/c1-26(2)14-34-23(17-8-6-7-9-18(17)27)22-21-19(24(31)29(4)25(32)28(21)3)20(30(22)26)15-10-12-16(33-5)13-11-15/h6-13,23H,14H2,1-5H3. The van der Waals surface area contributed by atoms with Gasteiger partial charge in [-0.1, -0.05) is 18.2 Å². The molecular weight excluding hydrogens is 437 g/mol. The first-order valence-corrected chi connectivity index (χ1v) is 11.0. The van der Waals surface area contributed by atoms with Gasteiger partial charge < -0.3 is 14.0 Å². The number of halogens is 1. The van der Waals surface area contributed by atoms with Crippen molar-refractivity contribution in [2.75, 3.05) is 13.7 Å². The van der Waals surface area contributed by atoms with Crippen LogP contribution in [0.25, 0.3) is 22.2 Å². The van der Waals surface area contributed by atoms with Crippen molar-refractivity contribution in [3.63, 3.8) is 0 Å². The third kappa shape index (κ3) is 3.05. The minimum Gasteiger partial charge on any atom is -0.497 e. The van der Waals surface area contributed by atoms with Gasteiger partial charge in [0.1, 0.15) is 17.7 Å². The molecule has 0 radical (unpaired) electrons. The maximum absolute atomic E-state index is 15.0. The molecule has 3 heterocycles. The van der Waals surface area contributed by atoms with E-state index in [1.165, 1.54) is 17.7 Å². The van der Waals surface area contributed by atoms with E-state index in [1.54, 1.807) is 32.4 Å². The number of rotatable bonds is 3. The molecular formula is C26H26FN3O4. The fraction of sp³-hybridized carbons (Fsp3) is 0.308. The average Bonchev–Trinajstić information content (AvgIpc) is 3.20. The van der Waals surface area contributed by atoms with Gasteiger partial charge >= 0.3 is 5.69 Å². The van der Waals surface area contributed by atoms with Crippen LogP contribution in [-0.2, 0) is 24.4 Å². The van der Waals surface area contributed by atoms with Crippen LogP contribution in [0.15, 0.2) is 58.1 Å². The van der Waals surface area contributed by atoms with Gasteiger partial charge in [0.25, 0.3) is 5.56 Å². The molecule has 2 aromatic carbocycles. The highest BCUT2D eigenvalue weighted by molar-refractivity contribution is 5.97. The molecule has 4 aromatic rings. The molecule has 2 aromatic heterocycles. The zero-order valence-electron chi connectivity index (χ0n) is 19.8. The predicted molar refractivity (Wildman–Crippen MR) is 128 cm³/mol. The normalized spacial score (nSPS) is 17.1. The molecule has 7 nitrogen and oxygen atoms in total. The molecule has 0 saturated carbocycles. The van der Waals surface area contributed by atoms with E-state index in [1.807, 2.05) is 42.7 Å². The van der Waals surface area contributed by atoms with Crippen LogP contribution in [0.1, 0.15) is 31.2 Å². The third-order valence-electron chi connectivity index (χ3n) is 6.62. The van der Waals surface area contributed by atoms with E-state index in [0.29, 0.717) is 33.6 Å². The van der Waals surface area contributed by atoms with Crippen LogP contribution in [0.4, 0.5) is 4.39 Å². The summed E-state index contributed by atoms with van der Waals surface area (Å²) in [4.78, 5) is 26.5. The minimum atomic E-state index is -0.790. The van der Waals surface area contributed by atoms with Gasteiger partial charge in [-0.3, -0.25) is 13.9 Å². The van der Waals surface area contributed by atoms with Crippen LogP contribution in [0.3, 0.4) is 0 Å². The summed E-state index contributed by atoms with van der Waals surface area (Å²) in [6.07, 6.45) is -0.790. The maximum atomic E-state index is 15.0. The molecule has 0 spiro atoms. The molecule has 8 heteroatoms. The van der Waals surface area contributed by atoms with Crippen molar-refractivity contribution in [3.8, 4) is 17.0 Å². The van der Waals surface area contributed by atoms with Crippen molar-refractivity contribution in [1.29, 1.82) is 0 Å². The van der Waals surface area contributed by atoms with E-state index >= 15 is 0 Å². The Kier molecular flexibility index (Phi) is 5.02. The number of aryl methyl sites for hydroxylation is 1. The van der Waals surface area contributed by atoms with Gasteiger partial charge in [0, 0.05) is 19.7 Å². The van der Waals surface area contributed by atoms with Crippen molar-refractivity contribution in [2.45, 2.75) is 25.5 Å². The van der Waals surface area contributed by atoms with Crippen LogP contribution in [0.5, 0.6) is 5.75 Å². The van der Waals surface area contributed by atoms with Crippen molar-refractivity contribution in [2.24, 2.45) is 14.1 Å². The van der Waals surface area contributed by atoms with Gasteiger partial charge in [-0.15, -0.1) is 0 Å². The Labute approximate surface area is 195 Å². The number of aromatic nitrogens is 3. The third-order valence-corrected chi connectivity index (χ3v) is 6.62. The first-order valence-electron chi connectivity index (χ1n) is 11.0. The molecule has 1 aliphatic heterocycles. The Bertz CT molecular complexity index is 1540. The van der Waals surface area contributed by atoms with Gasteiger partial charge in [0.15, 0.2) is 0 Å². The minimum absolute atomic E-state index is 0.289.